The summed E-state index contributed by atoms with van der Waals surface area (Å²) in [5, 5.41) is 10.2. The van der Waals surface area contributed by atoms with Gasteiger partial charge in [0.15, 0.2) is 5.82 Å². The van der Waals surface area contributed by atoms with Crippen LogP contribution in [0.3, 0.4) is 0 Å². The molecule has 0 saturated carbocycles. The number of nitrogens with zero attached hydrogens (tertiary/aromatic N) is 4. The average Bonchev–Trinajstić information content (AvgIpc) is 2.80. The smallest absolute Gasteiger partial charge is 0.153 e. The number of aryl methyl sites for hydroxylation is 1. The molecule has 1 aliphatic rings. The van der Waals surface area contributed by atoms with Crippen LogP contribution in [-0.2, 0) is 7.05 Å². The lowest BCUT2D eigenvalue weighted by atomic mass is 10.1. The van der Waals surface area contributed by atoms with Crippen molar-refractivity contribution in [2.24, 2.45) is 7.05 Å². The van der Waals surface area contributed by atoms with Gasteiger partial charge >= 0.3 is 0 Å². The second-order valence-corrected chi connectivity index (χ2v) is 5.25. The van der Waals surface area contributed by atoms with E-state index in [1.54, 1.807) is 12.3 Å². The molecule has 1 aliphatic heterocycles. The third-order valence-electron chi connectivity index (χ3n) is 3.48. The van der Waals surface area contributed by atoms with E-state index in [4.69, 9.17) is 11.6 Å². The van der Waals surface area contributed by atoms with Crippen molar-refractivity contribution in [3.8, 4) is 6.07 Å². The van der Waals surface area contributed by atoms with Crippen molar-refractivity contribution in [3.05, 3.63) is 59.2 Å². The van der Waals surface area contributed by atoms with Crippen molar-refractivity contribution in [2.75, 3.05) is 7.05 Å². The van der Waals surface area contributed by atoms with Gasteiger partial charge in [-0.2, -0.15) is 5.26 Å². The van der Waals surface area contributed by atoms with Gasteiger partial charge in [-0.25, -0.2) is 4.98 Å². The number of aromatic nitrogens is 2. The number of nitriles is 1. The van der Waals surface area contributed by atoms with Gasteiger partial charge in [-0.05, 0) is 24.3 Å². The number of imidazole rings is 1. The second kappa shape index (κ2) is 5.12. The fourth-order valence-corrected chi connectivity index (χ4v) is 2.63. The van der Waals surface area contributed by atoms with E-state index in [-0.39, 0.29) is 0 Å². The molecule has 0 bridgehead atoms. The first-order valence-electron chi connectivity index (χ1n) is 6.46. The van der Waals surface area contributed by atoms with Crippen molar-refractivity contribution < 1.29 is 0 Å². The summed E-state index contributed by atoms with van der Waals surface area (Å²) in [5.41, 5.74) is 3.17. The topological polar surface area (TPSA) is 44.9 Å². The fraction of sp³-hybridized carbons (Fsp3) is 0.125. The molecule has 1 aromatic carbocycles. The molecule has 2 aromatic rings. The van der Waals surface area contributed by atoms with E-state index in [9.17, 15) is 5.26 Å². The minimum atomic E-state index is 0.521. The highest BCUT2D eigenvalue weighted by Gasteiger charge is 2.18. The summed E-state index contributed by atoms with van der Waals surface area (Å²) in [6.45, 7) is 0. The molecular weight excluding hydrogens is 284 g/mol. The number of likely N-dealkylation sites (N-methyl/N-ethyl adjacent to an activating group) is 1. The summed E-state index contributed by atoms with van der Waals surface area (Å²) in [7, 11) is 3.78. The zero-order valence-corrected chi connectivity index (χ0v) is 12.5. The summed E-state index contributed by atoms with van der Waals surface area (Å²) in [5.74, 6) is 0.650. The van der Waals surface area contributed by atoms with Gasteiger partial charge in [-0.3, -0.25) is 0 Å². The molecule has 2 heterocycles. The number of hydrogen-bond donors (Lipinski definition) is 0. The van der Waals surface area contributed by atoms with Gasteiger partial charge in [0, 0.05) is 20.3 Å². The lowest BCUT2D eigenvalue weighted by molar-refractivity contribution is 0.584. The van der Waals surface area contributed by atoms with Gasteiger partial charge in [0.1, 0.15) is 11.6 Å². The van der Waals surface area contributed by atoms with Crippen molar-refractivity contribution >= 4 is 28.2 Å². The highest BCUT2D eigenvalue weighted by atomic mass is 35.5. The molecule has 0 N–H and O–H groups in total. The molecule has 5 heteroatoms. The quantitative estimate of drug-likeness (QED) is 0.758. The minimum Gasteiger partial charge on any atom is -0.348 e. The Labute approximate surface area is 127 Å². The van der Waals surface area contributed by atoms with Gasteiger partial charge in [0.2, 0.25) is 0 Å². The molecule has 0 fully saturated rings. The molecule has 0 radical (unpaired) electrons. The SMILES string of the molecule is CN1C=C(Cl)C=CC1=C(C#N)c1nc2ccccc2n1C. The van der Waals surface area contributed by atoms with Crippen molar-refractivity contribution in [2.45, 2.75) is 0 Å². The largest absolute Gasteiger partial charge is 0.348 e. The lowest BCUT2D eigenvalue weighted by Crippen LogP contribution is -2.14. The Morgan fingerprint density at radius 1 is 1.24 bits per heavy atom. The zero-order valence-electron chi connectivity index (χ0n) is 11.7. The monoisotopic (exact) mass is 296 g/mol. The number of benzene rings is 1. The highest BCUT2D eigenvalue weighted by molar-refractivity contribution is 6.31. The maximum Gasteiger partial charge on any atom is 0.153 e. The zero-order chi connectivity index (χ0) is 15.0. The molecule has 0 spiro atoms. The number of allylic oxidation sites excluding steroid dienone is 4. The lowest BCUT2D eigenvalue weighted by Gasteiger charge is -2.20. The third-order valence-corrected chi connectivity index (χ3v) is 3.70. The van der Waals surface area contributed by atoms with Crippen molar-refractivity contribution in [3.63, 3.8) is 0 Å². The Morgan fingerprint density at radius 2 is 2.00 bits per heavy atom. The first kappa shape index (κ1) is 13.5. The third kappa shape index (κ3) is 2.22. The molecule has 0 aliphatic carbocycles. The van der Waals surface area contributed by atoms with Crippen LogP contribution in [-0.4, -0.2) is 21.5 Å². The van der Waals surface area contributed by atoms with Crippen LogP contribution in [0.4, 0.5) is 0 Å². The molecule has 21 heavy (non-hydrogen) atoms. The van der Waals surface area contributed by atoms with Crippen molar-refractivity contribution in [1.29, 1.82) is 5.26 Å². The van der Waals surface area contributed by atoms with Crippen LogP contribution in [0.2, 0.25) is 0 Å². The van der Waals surface area contributed by atoms with E-state index in [0.717, 1.165) is 16.7 Å². The summed E-state index contributed by atoms with van der Waals surface area (Å²) in [4.78, 5) is 6.41. The first-order chi connectivity index (χ1) is 10.1. The maximum atomic E-state index is 9.59. The Bertz CT molecular complexity index is 849. The standard InChI is InChI=1S/C16H13ClN4/c1-20-10-11(17)7-8-14(20)12(9-18)16-19-13-5-3-4-6-15(13)21(16)2/h3-8,10H,1-2H3. The van der Waals surface area contributed by atoms with E-state index in [0.29, 0.717) is 16.4 Å². The predicted molar refractivity (Wildman–Crippen MR) is 84.1 cm³/mol. The Morgan fingerprint density at radius 3 is 2.67 bits per heavy atom. The van der Waals surface area contributed by atoms with Crippen LogP contribution in [0.25, 0.3) is 16.6 Å². The molecular formula is C16H13ClN4. The molecule has 3 rings (SSSR count). The molecule has 0 unspecified atom stereocenters. The van der Waals surface area contributed by atoms with Gasteiger partial charge in [-0.1, -0.05) is 23.7 Å². The summed E-state index contributed by atoms with van der Waals surface area (Å²) in [6.07, 6.45) is 5.38. The maximum absolute atomic E-state index is 9.59. The van der Waals surface area contributed by atoms with Crippen LogP contribution in [0.5, 0.6) is 0 Å². The van der Waals surface area contributed by atoms with Crippen LogP contribution in [0.1, 0.15) is 5.82 Å². The Balaban J connectivity index is 2.23. The summed E-state index contributed by atoms with van der Waals surface area (Å²) < 4.78 is 1.93. The van der Waals surface area contributed by atoms with E-state index >= 15 is 0 Å². The molecule has 104 valence electrons. The molecule has 0 saturated heterocycles. The molecule has 1 aromatic heterocycles. The first-order valence-corrected chi connectivity index (χ1v) is 6.84. The molecule has 4 nitrogen and oxygen atoms in total. The van der Waals surface area contributed by atoms with Gasteiger partial charge in [0.25, 0.3) is 0 Å². The van der Waals surface area contributed by atoms with Crippen LogP contribution in [0, 0.1) is 11.3 Å². The van der Waals surface area contributed by atoms with E-state index in [1.165, 1.54) is 0 Å². The normalized spacial score (nSPS) is 16.9. The van der Waals surface area contributed by atoms with Gasteiger partial charge < -0.3 is 9.47 Å². The number of rotatable bonds is 1. The van der Waals surface area contributed by atoms with Crippen LogP contribution < -0.4 is 0 Å². The predicted octanol–water partition coefficient (Wildman–Crippen LogP) is 3.39. The highest BCUT2D eigenvalue weighted by Crippen LogP contribution is 2.27. The van der Waals surface area contributed by atoms with Crippen molar-refractivity contribution in [1.82, 2.24) is 14.5 Å². The van der Waals surface area contributed by atoms with E-state index in [1.807, 2.05) is 53.9 Å². The van der Waals surface area contributed by atoms with E-state index in [2.05, 4.69) is 11.1 Å². The van der Waals surface area contributed by atoms with Gasteiger partial charge in [0.05, 0.1) is 21.8 Å². The molecule has 0 atom stereocenters. The Hall–Kier alpha value is -2.51. The molecule has 0 amide bonds. The number of fused-ring (bicyclic) bond motifs is 1. The van der Waals surface area contributed by atoms with E-state index < -0.39 is 0 Å². The average molecular weight is 297 g/mol. The second-order valence-electron chi connectivity index (χ2n) is 4.81. The number of halogens is 1. The Kier molecular flexibility index (Phi) is 3.28. The van der Waals surface area contributed by atoms with Crippen LogP contribution >= 0.6 is 11.6 Å². The minimum absolute atomic E-state index is 0.521. The van der Waals surface area contributed by atoms with Gasteiger partial charge in [-0.15, -0.1) is 0 Å². The number of hydrogen-bond acceptors (Lipinski definition) is 3. The fourth-order valence-electron chi connectivity index (χ4n) is 2.42. The summed E-state index contributed by atoms with van der Waals surface area (Å²) in [6, 6.07) is 10.1. The summed E-state index contributed by atoms with van der Waals surface area (Å²) >= 11 is 5.97. The number of para-hydroxylation sites is 2. The van der Waals surface area contributed by atoms with Crippen LogP contribution in [0.15, 0.2) is 53.3 Å².